The Labute approximate surface area is 120 Å². The molecule has 0 radical (unpaired) electrons. The molecule has 1 amide bonds. The molecular formula is C13H16BrNO4. The highest BCUT2D eigenvalue weighted by atomic mass is 79.9. The van der Waals surface area contributed by atoms with E-state index in [-0.39, 0.29) is 23.3 Å². The zero-order valence-corrected chi connectivity index (χ0v) is 12.5. The first-order valence-electron chi connectivity index (χ1n) is 5.81. The van der Waals surface area contributed by atoms with Crippen molar-refractivity contribution < 1.29 is 19.4 Å². The molecule has 0 bridgehead atoms. The number of benzene rings is 1. The molecule has 0 saturated heterocycles. The van der Waals surface area contributed by atoms with Gasteiger partial charge in [-0.15, -0.1) is 0 Å². The largest absolute Gasteiger partial charge is 0.480 e. The highest BCUT2D eigenvalue weighted by Gasteiger charge is 2.19. The number of ether oxygens (including phenoxy) is 1. The molecule has 0 fully saturated rings. The normalized spacial score (nSPS) is 12.1. The molecule has 1 aromatic rings. The molecule has 0 aliphatic heterocycles. The molecule has 6 heteroatoms. The SMILES string of the molecule is CC(C)NC(=O)C(C)Oc1ccc(Br)cc1C(=O)O. The van der Waals surface area contributed by atoms with Gasteiger partial charge in [0.1, 0.15) is 11.3 Å². The van der Waals surface area contributed by atoms with Crippen LogP contribution in [0.4, 0.5) is 0 Å². The number of carbonyl (C=O) groups excluding carboxylic acids is 1. The molecule has 104 valence electrons. The lowest BCUT2D eigenvalue weighted by Crippen LogP contribution is -2.40. The van der Waals surface area contributed by atoms with Gasteiger partial charge in [0, 0.05) is 10.5 Å². The number of carbonyl (C=O) groups is 2. The summed E-state index contributed by atoms with van der Waals surface area (Å²) < 4.78 is 6.05. The van der Waals surface area contributed by atoms with E-state index in [1.54, 1.807) is 13.0 Å². The molecule has 1 unspecified atom stereocenters. The minimum Gasteiger partial charge on any atom is -0.480 e. The van der Waals surface area contributed by atoms with Crippen molar-refractivity contribution in [1.82, 2.24) is 5.32 Å². The Hall–Kier alpha value is -1.56. The van der Waals surface area contributed by atoms with Gasteiger partial charge in [-0.2, -0.15) is 0 Å². The minimum atomic E-state index is -1.10. The Bertz CT molecular complexity index is 488. The van der Waals surface area contributed by atoms with Crippen LogP contribution in [0.25, 0.3) is 0 Å². The second-order valence-electron chi connectivity index (χ2n) is 4.37. The van der Waals surface area contributed by atoms with Gasteiger partial charge in [-0.3, -0.25) is 4.79 Å². The zero-order chi connectivity index (χ0) is 14.6. The number of rotatable bonds is 5. The molecule has 2 N–H and O–H groups in total. The van der Waals surface area contributed by atoms with Crippen LogP contribution in [0, 0.1) is 0 Å². The molecule has 0 aliphatic rings. The van der Waals surface area contributed by atoms with Crippen molar-refractivity contribution in [3.05, 3.63) is 28.2 Å². The van der Waals surface area contributed by atoms with Gasteiger partial charge in [0.05, 0.1) is 0 Å². The van der Waals surface area contributed by atoms with Crippen molar-refractivity contribution in [2.45, 2.75) is 32.9 Å². The van der Waals surface area contributed by atoms with E-state index in [1.807, 2.05) is 13.8 Å². The van der Waals surface area contributed by atoms with Crippen LogP contribution in [0.3, 0.4) is 0 Å². The highest BCUT2D eigenvalue weighted by Crippen LogP contribution is 2.24. The Morgan fingerprint density at radius 3 is 2.47 bits per heavy atom. The molecule has 0 spiro atoms. The van der Waals surface area contributed by atoms with Crippen LogP contribution in [0.15, 0.2) is 22.7 Å². The number of carboxylic acid groups (broad SMARTS) is 1. The third kappa shape index (κ3) is 4.55. The first kappa shape index (κ1) is 15.5. The molecular weight excluding hydrogens is 314 g/mol. The smallest absolute Gasteiger partial charge is 0.339 e. The number of hydrogen-bond acceptors (Lipinski definition) is 3. The van der Waals surface area contributed by atoms with Gasteiger partial charge in [0.25, 0.3) is 5.91 Å². The minimum absolute atomic E-state index is 0.00223. The third-order valence-corrected chi connectivity index (χ3v) is 2.77. The molecule has 1 aromatic carbocycles. The van der Waals surface area contributed by atoms with E-state index in [0.717, 1.165) is 0 Å². The number of halogens is 1. The summed E-state index contributed by atoms with van der Waals surface area (Å²) >= 11 is 3.19. The van der Waals surface area contributed by atoms with Crippen molar-refractivity contribution in [2.75, 3.05) is 0 Å². The number of nitrogens with one attached hydrogen (secondary N) is 1. The number of aromatic carboxylic acids is 1. The van der Waals surface area contributed by atoms with Crippen molar-refractivity contribution in [2.24, 2.45) is 0 Å². The Morgan fingerprint density at radius 2 is 1.95 bits per heavy atom. The summed E-state index contributed by atoms with van der Waals surface area (Å²) in [6.45, 7) is 5.26. The Kier molecular flexibility index (Phi) is 5.35. The van der Waals surface area contributed by atoms with Crippen LogP contribution in [-0.2, 0) is 4.79 Å². The molecule has 0 heterocycles. The van der Waals surface area contributed by atoms with Crippen molar-refractivity contribution in [3.8, 4) is 5.75 Å². The van der Waals surface area contributed by atoms with Crippen LogP contribution in [0.5, 0.6) is 5.75 Å². The Balaban J connectivity index is 2.87. The molecule has 0 aliphatic carbocycles. The van der Waals surface area contributed by atoms with Crippen LogP contribution in [0.2, 0.25) is 0 Å². The van der Waals surface area contributed by atoms with Crippen LogP contribution in [0.1, 0.15) is 31.1 Å². The van der Waals surface area contributed by atoms with Gasteiger partial charge in [-0.05, 0) is 39.0 Å². The summed E-state index contributed by atoms with van der Waals surface area (Å²) in [5.41, 5.74) is 0.0126. The van der Waals surface area contributed by atoms with Gasteiger partial charge < -0.3 is 15.2 Å². The Morgan fingerprint density at radius 1 is 1.32 bits per heavy atom. The standard InChI is InChI=1S/C13H16BrNO4/c1-7(2)15-12(16)8(3)19-11-5-4-9(14)6-10(11)13(17)18/h4-8H,1-3H3,(H,15,16)(H,17,18). The summed E-state index contributed by atoms with van der Waals surface area (Å²) in [5.74, 6) is -1.22. The maximum Gasteiger partial charge on any atom is 0.339 e. The van der Waals surface area contributed by atoms with Gasteiger partial charge in [-0.25, -0.2) is 4.79 Å². The number of amides is 1. The number of hydrogen-bond donors (Lipinski definition) is 2. The fraction of sp³-hybridized carbons (Fsp3) is 0.385. The predicted molar refractivity (Wildman–Crippen MR) is 74.5 cm³/mol. The highest BCUT2D eigenvalue weighted by molar-refractivity contribution is 9.10. The lowest BCUT2D eigenvalue weighted by Gasteiger charge is -2.17. The van der Waals surface area contributed by atoms with Crippen LogP contribution in [-0.4, -0.2) is 29.1 Å². The van der Waals surface area contributed by atoms with E-state index in [0.29, 0.717) is 4.47 Å². The molecule has 1 atom stereocenters. The van der Waals surface area contributed by atoms with Crippen LogP contribution >= 0.6 is 15.9 Å². The number of carboxylic acids is 1. The molecule has 0 aromatic heterocycles. The van der Waals surface area contributed by atoms with E-state index in [2.05, 4.69) is 21.2 Å². The summed E-state index contributed by atoms with van der Waals surface area (Å²) in [6.07, 6.45) is -0.762. The van der Waals surface area contributed by atoms with Crippen molar-refractivity contribution in [3.63, 3.8) is 0 Å². The molecule has 5 nitrogen and oxygen atoms in total. The fourth-order valence-corrected chi connectivity index (χ4v) is 1.78. The van der Waals surface area contributed by atoms with Crippen molar-refractivity contribution >= 4 is 27.8 Å². The van der Waals surface area contributed by atoms with Gasteiger partial charge in [0.2, 0.25) is 0 Å². The molecule has 0 saturated carbocycles. The lowest BCUT2D eigenvalue weighted by atomic mass is 10.2. The maximum atomic E-state index is 11.7. The second-order valence-corrected chi connectivity index (χ2v) is 5.28. The quantitative estimate of drug-likeness (QED) is 0.869. The second kappa shape index (κ2) is 6.56. The summed E-state index contributed by atoms with van der Waals surface area (Å²) in [7, 11) is 0. The summed E-state index contributed by atoms with van der Waals surface area (Å²) in [4.78, 5) is 22.8. The van der Waals surface area contributed by atoms with Gasteiger partial charge in [0.15, 0.2) is 6.10 Å². The van der Waals surface area contributed by atoms with E-state index in [4.69, 9.17) is 9.84 Å². The summed E-state index contributed by atoms with van der Waals surface area (Å²) in [5, 5.41) is 11.8. The fourth-order valence-electron chi connectivity index (χ4n) is 1.42. The van der Waals surface area contributed by atoms with Crippen LogP contribution < -0.4 is 10.1 Å². The van der Waals surface area contributed by atoms with Gasteiger partial charge in [-0.1, -0.05) is 15.9 Å². The molecule has 19 heavy (non-hydrogen) atoms. The monoisotopic (exact) mass is 329 g/mol. The molecule has 1 rings (SSSR count). The predicted octanol–water partition coefficient (Wildman–Crippen LogP) is 2.44. The first-order chi connectivity index (χ1) is 8.81. The summed E-state index contributed by atoms with van der Waals surface area (Å²) in [6, 6.07) is 4.62. The zero-order valence-electron chi connectivity index (χ0n) is 10.9. The average molecular weight is 330 g/mol. The third-order valence-electron chi connectivity index (χ3n) is 2.28. The van der Waals surface area contributed by atoms with Crippen molar-refractivity contribution in [1.29, 1.82) is 0 Å². The van der Waals surface area contributed by atoms with Gasteiger partial charge >= 0.3 is 5.97 Å². The van der Waals surface area contributed by atoms with E-state index in [9.17, 15) is 9.59 Å². The lowest BCUT2D eigenvalue weighted by molar-refractivity contribution is -0.127. The van der Waals surface area contributed by atoms with E-state index in [1.165, 1.54) is 12.1 Å². The first-order valence-corrected chi connectivity index (χ1v) is 6.60. The average Bonchev–Trinajstić information content (AvgIpc) is 2.30. The maximum absolute atomic E-state index is 11.7. The van der Waals surface area contributed by atoms with E-state index >= 15 is 0 Å². The topological polar surface area (TPSA) is 75.6 Å². The van der Waals surface area contributed by atoms with E-state index < -0.39 is 12.1 Å².